The van der Waals surface area contributed by atoms with Crippen molar-refractivity contribution in [3.8, 4) is 17.1 Å². The molecule has 1 N–H and O–H groups in total. The van der Waals surface area contributed by atoms with Crippen LogP contribution < -0.4 is 0 Å². The van der Waals surface area contributed by atoms with Crippen molar-refractivity contribution in [3.05, 3.63) is 35.3 Å². The molecule has 1 amide bonds. The first kappa shape index (κ1) is 17.3. The van der Waals surface area contributed by atoms with E-state index in [2.05, 4.69) is 5.16 Å². The number of benzene rings is 1. The highest BCUT2D eigenvalue weighted by Gasteiger charge is 2.29. The van der Waals surface area contributed by atoms with Gasteiger partial charge >= 0.3 is 0 Å². The van der Waals surface area contributed by atoms with Crippen LogP contribution in [-0.4, -0.2) is 46.4 Å². The number of nitrogens with zero attached hydrogens (tertiary/aromatic N) is 2. The average molecular weight is 356 g/mol. The molecule has 0 spiro atoms. The summed E-state index contributed by atoms with van der Waals surface area (Å²) < 4.78 is 50.9. The Morgan fingerprint density at radius 3 is 2.48 bits per heavy atom. The Hall–Kier alpha value is -2.55. The molecule has 134 valence electrons. The molecule has 0 bridgehead atoms. The van der Waals surface area contributed by atoms with Gasteiger partial charge in [0.2, 0.25) is 5.82 Å². The Labute approximate surface area is 140 Å². The van der Waals surface area contributed by atoms with Crippen molar-refractivity contribution in [2.45, 2.75) is 26.1 Å². The van der Waals surface area contributed by atoms with E-state index >= 15 is 0 Å². The van der Waals surface area contributed by atoms with Crippen molar-refractivity contribution in [2.75, 3.05) is 13.1 Å². The minimum Gasteiger partial charge on any atom is -0.503 e. The van der Waals surface area contributed by atoms with Gasteiger partial charge in [-0.15, -0.1) is 0 Å². The van der Waals surface area contributed by atoms with Gasteiger partial charge in [0, 0.05) is 19.2 Å². The first-order valence-corrected chi connectivity index (χ1v) is 7.56. The number of hydrogen-bond acceptors (Lipinski definition) is 5. The molecule has 1 aromatic carbocycles. The van der Waals surface area contributed by atoms with Gasteiger partial charge in [0.1, 0.15) is 0 Å². The molecule has 2 aromatic rings. The summed E-state index contributed by atoms with van der Waals surface area (Å²) in [4.78, 5) is 14.0. The van der Waals surface area contributed by atoms with Gasteiger partial charge in [0.05, 0.1) is 17.8 Å². The lowest BCUT2D eigenvalue weighted by atomic mass is 10.1. The van der Waals surface area contributed by atoms with Crippen molar-refractivity contribution in [2.24, 2.45) is 0 Å². The number of aromatic hydroxyl groups is 1. The second-order valence-electron chi connectivity index (χ2n) is 5.93. The van der Waals surface area contributed by atoms with Crippen LogP contribution in [0.15, 0.2) is 16.7 Å². The van der Waals surface area contributed by atoms with Crippen LogP contribution in [0.2, 0.25) is 0 Å². The molecule has 2 heterocycles. The maximum atomic E-state index is 13.9. The minimum atomic E-state index is -1.70. The van der Waals surface area contributed by atoms with Gasteiger partial charge in [0.15, 0.2) is 28.8 Å². The van der Waals surface area contributed by atoms with E-state index in [1.807, 2.05) is 13.8 Å². The molecule has 1 saturated heterocycles. The number of rotatable bonds is 2. The number of halogens is 3. The Balaban J connectivity index is 1.89. The normalized spacial score (nSPS) is 20.8. The van der Waals surface area contributed by atoms with E-state index in [-0.39, 0.29) is 23.7 Å². The first-order valence-electron chi connectivity index (χ1n) is 7.56. The monoisotopic (exact) mass is 356 g/mol. The second kappa shape index (κ2) is 6.40. The number of hydrogen-bond donors (Lipinski definition) is 1. The number of phenols is 1. The van der Waals surface area contributed by atoms with Crippen LogP contribution in [0.3, 0.4) is 0 Å². The SMILES string of the molecule is C[C@@H]1CN(C(=O)c2cc(-c3cc(F)c(F)c(O)c3F)on2)C[C@H](C)O1. The van der Waals surface area contributed by atoms with Crippen molar-refractivity contribution >= 4 is 5.91 Å². The highest BCUT2D eigenvalue weighted by Crippen LogP contribution is 2.33. The highest BCUT2D eigenvalue weighted by molar-refractivity contribution is 5.93. The Morgan fingerprint density at radius 1 is 1.20 bits per heavy atom. The van der Waals surface area contributed by atoms with Crippen LogP contribution in [-0.2, 0) is 4.74 Å². The zero-order valence-electron chi connectivity index (χ0n) is 13.4. The Bertz CT molecular complexity index is 814. The van der Waals surface area contributed by atoms with Crippen molar-refractivity contribution in [1.29, 1.82) is 0 Å². The molecule has 0 saturated carbocycles. The predicted octanol–water partition coefficient (Wildman–Crippen LogP) is 2.71. The number of carbonyl (C=O) groups excluding carboxylic acids is 1. The van der Waals surface area contributed by atoms with Gasteiger partial charge in [-0.25, -0.2) is 8.78 Å². The molecule has 0 radical (unpaired) electrons. The topological polar surface area (TPSA) is 75.8 Å². The van der Waals surface area contributed by atoms with Gasteiger partial charge < -0.3 is 19.3 Å². The summed E-state index contributed by atoms with van der Waals surface area (Å²) in [6.45, 7) is 4.35. The van der Waals surface area contributed by atoms with E-state index in [9.17, 15) is 23.1 Å². The van der Waals surface area contributed by atoms with Crippen LogP contribution in [0, 0.1) is 17.5 Å². The molecule has 3 rings (SSSR count). The standard InChI is InChI=1S/C16H15F3N2O4/c1-7-5-21(6-8(2)24-7)16(23)11-4-12(25-20-11)9-3-10(17)14(19)15(22)13(9)18/h3-4,7-8,22H,5-6H2,1-2H3/t7-,8+. The summed E-state index contributed by atoms with van der Waals surface area (Å²) >= 11 is 0. The molecule has 0 unspecified atom stereocenters. The van der Waals surface area contributed by atoms with E-state index in [4.69, 9.17) is 9.26 Å². The lowest BCUT2D eigenvalue weighted by Gasteiger charge is -2.34. The molecule has 1 aliphatic heterocycles. The van der Waals surface area contributed by atoms with Crippen molar-refractivity contribution in [1.82, 2.24) is 10.1 Å². The summed E-state index contributed by atoms with van der Waals surface area (Å²) in [5, 5.41) is 12.8. The summed E-state index contributed by atoms with van der Waals surface area (Å²) in [6.07, 6.45) is -0.306. The first-order chi connectivity index (χ1) is 11.8. The van der Waals surface area contributed by atoms with E-state index in [1.165, 1.54) is 4.90 Å². The minimum absolute atomic E-state index is 0.111. The van der Waals surface area contributed by atoms with Gasteiger partial charge in [-0.2, -0.15) is 4.39 Å². The van der Waals surface area contributed by atoms with Crippen LogP contribution in [0.1, 0.15) is 24.3 Å². The molecule has 9 heteroatoms. The van der Waals surface area contributed by atoms with Gasteiger partial charge in [-0.3, -0.25) is 4.79 Å². The second-order valence-corrected chi connectivity index (χ2v) is 5.93. The third-order valence-electron chi connectivity index (χ3n) is 3.83. The fourth-order valence-corrected chi connectivity index (χ4v) is 2.78. The number of morpholine rings is 1. The lowest BCUT2D eigenvalue weighted by Crippen LogP contribution is -2.48. The van der Waals surface area contributed by atoms with E-state index < -0.39 is 34.7 Å². The number of phenolic OH excluding ortho intramolecular Hbond substituents is 1. The van der Waals surface area contributed by atoms with Crippen LogP contribution >= 0.6 is 0 Å². The predicted molar refractivity (Wildman–Crippen MR) is 79.4 cm³/mol. The number of ether oxygens (including phenoxy) is 1. The fourth-order valence-electron chi connectivity index (χ4n) is 2.78. The van der Waals surface area contributed by atoms with Crippen LogP contribution in [0.5, 0.6) is 5.75 Å². The molecule has 1 aromatic heterocycles. The average Bonchev–Trinajstić information content (AvgIpc) is 3.04. The third kappa shape index (κ3) is 3.19. The third-order valence-corrected chi connectivity index (χ3v) is 3.83. The smallest absolute Gasteiger partial charge is 0.276 e. The van der Waals surface area contributed by atoms with Gasteiger partial charge in [-0.1, -0.05) is 5.16 Å². The molecule has 1 fully saturated rings. The Kier molecular flexibility index (Phi) is 4.42. The van der Waals surface area contributed by atoms with Crippen molar-refractivity contribution in [3.63, 3.8) is 0 Å². The van der Waals surface area contributed by atoms with E-state index in [0.717, 1.165) is 6.07 Å². The summed E-state index contributed by atoms with van der Waals surface area (Å²) in [5.74, 6) is -6.77. The maximum absolute atomic E-state index is 13.9. The molecule has 6 nitrogen and oxygen atoms in total. The number of carbonyl (C=O) groups is 1. The summed E-state index contributed by atoms with van der Waals surface area (Å²) in [7, 11) is 0. The maximum Gasteiger partial charge on any atom is 0.276 e. The zero-order valence-corrected chi connectivity index (χ0v) is 13.4. The molecule has 2 atom stereocenters. The Morgan fingerprint density at radius 2 is 1.84 bits per heavy atom. The summed E-state index contributed by atoms with van der Waals surface area (Å²) in [6, 6.07) is 1.64. The molecule has 25 heavy (non-hydrogen) atoms. The van der Waals surface area contributed by atoms with Crippen LogP contribution in [0.4, 0.5) is 13.2 Å². The van der Waals surface area contributed by atoms with Gasteiger partial charge in [0.25, 0.3) is 5.91 Å². The summed E-state index contributed by atoms with van der Waals surface area (Å²) in [5.41, 5.74) is -0.647. The quantitative estimate of drug-likeness (QED) is 0.838. The largest absolute Gasteiger partial charge is 0.503 e. The molecule has 1 aliphatic rings. The molecule has 0 aliphatic carbocycles. The van der Waals surface area contributed by atoms with Crippen molar-refractivity contribution < 1.29 is 32.3 Å². The lowest BCUT2D eigenvalue weighted by molar-refractivity contribution is -0.0588. The van der Waals surface area contributed by atoms with Gasteiger partial charge in [-0.05, 0) is 19.9 Å². The molecular weight excluding hydrogens is 341 g/mol. The molecular formula is C16H15F3N2O4. The van der Waals surface area contributed by atoms with E-state index in [0.29, 0.717) is 19.2 Å². The number of amides is 1. The fraction of sp³-hybridized carbons (Fsp3) is 0.375. The highest BCUT2D eigenvalue weighted by atomic mass is 19.2. The zero-order chi connectivity index (χ0) is 18.3. The number of aromatic nitrogens is 1. The van der Waals surface area contributed by atoms with E-state index in [1.54, 1.807) is 0 Å². The van der Waals surface area contributed by atoms with Crippen LogP contribution in [0.25, 0.3) is 11.3 Å².